The molecule has 6 nitrogen and oxygen atoms in total. The molecule has 1 heterocycles. The molecule has 1 aliphatic carbocycles. The Morgan fingerprint density at radius 1 is 1.56 bits per heavy atom. The van der Waals surface area contributed by atoms with E-state index in [1.807, 2.05) is 0 Å². The molecule has 96 valence electrons. The highest BCUT2D eigenvalue weighted by atomic mass is 16.4. The first kappa shape index (κ1) is 12.3. The number of nitrogens with one attached hydrogen (secondary N) is 1. The van der Waals surface area contributed by atoms with Gasteiger partial charge in [-0.25, -0.2) is 4.98 Å². The highest BCUT2D eigenvalue weighted by Crippen LogP contribution is 2.35. The lowest BCUT2D eigenvalue weighted by Gasteiger charge is -2.16. The smallest absolute Gasteiger partial charge is 0.305 e. The van der Waals surface area contributed by atoms with Crippen LogP contribution in [0.25, 0.3) is 0 Å². The number of carboxylic acids is 1. The molecule has 0 radical (unpaired) electrons. The summed E-state index contributed by atoms with van der Waals surface area (Å²) in [6.45, 7) is 0. The van der Waals surface area contributed by atoms with Gasteiger partial charge in [0.15, 0.2) is 0 Å². The normalized spacial score (nSPS) is 16.0. The molecule has 1 amide bonds. The minimum absolute atomic E-state index is 0.0488. The summed E-state index contributed by atoms with van der Waals surface area (Å²) in [5.74, 6) is -0.503. The third-order valence-electron chi connectivity index (χ3n) is 2.96. The Morgan fingerprint density at radius 3 is 2.83 bits per heavy atom. The van der Waals surface area contributed by atoms with E-state index in [1.165, 1.54) is 12.3 Å². The molecule has 6 heteroatoms. The SMILES string of the molecule is NC(=O)c1ccnc(NC(CC(=O)O)C2CC2)c1. The number of carbonyl (C=O) groups excluding carboxylic acids is 1. The van der Waals surface area contributed by atoms with Gasteiger partial charge >= 0.3 is 5.97 Å². The molecule has 1 atom stereocenters. The fourth-order valence-electron chi connectivity index (χ4n) is 1.87. The zero-order chi connectivity index (χ0) is 13.1. The van der Waals surface area contributed by atoms with Crippen LogP contribution in [0.3, 0.4) is 0 Å². The van der Waals surface area contributed by atoms with Crippen LogP contribution in [0.2, 0.25) is 0 Å². The molecule has 0 bridgehead atoms. The lowest BCUT2D eigenvalue weighted by atomic mass is 10.1. The third kappa shape index (κ3) is 3.19. The Kier molecular flexibility index (Phi) is 3.45. The Bertz CT molecular complexity index is 471. The highest BCUT2D eigenvalue weighted by Gasteiger charge is 2.32. The van der Waals surface area contributed by atoms with Crippen molar-refractivity contribution in [3.8, 4) is 0 Å². The topological polar surface area (TPSA) is 105 Å². The molecule has 1 aromatic rings. The summed E-state index contributed by atoms with van der Waals surface area (Å²) >= 11 is 0. The number of hydrogen-bond donors (Lipinski definition) is 3. The van der Waals surface area contributed by atoms with E-state index in [0.717, 1.165) is 12.8 Å². The number of aliphatic carboxylic acids is 1. The predicted molar refractivity (Wildman–Crippen MR) is 65.1 cm³/mol. The zero-order valence-corrected chi connectivity index (χ0v) is 9.80. The first-order chi connectivity index (χ1) is 8.56. The van der Waals surface area contributed by atoms with Gasteiger partial charge in [-0.15, -0.1) is 0 Å². The molecule has 1 unspecified atom stereocenters. The van der Waals surface area contributed by atoms with E-state index >= 15 is 0 Å². The summed E-state index contributed by atoms with van der Waals surface area (Å²) in [7, 11) is 0. The van der Waals surface area contributed by atoms with Crippen molar-refractivity contribution in [2.75, 3.05) is 5.32 Å². The fraction of sp³-hybridized carbons (Fsp3) is 0.417. The Balaban J connectivity index is 2.08. The largest absolute Gasteiger partial charge is 0.481 e. The van der Waals surface area contributed by atoms with Crippen LogP contribution in [0.4, 0.5) is 5.82 Å². The number of rotatable bonds is 6. The molecule has 1 saturated carbocycles. The lowest BCUT2D eigenvalue weighted by Crippen LogP contribution is -2.26. The van der Waals surface area contributed by atoms with Gasteiger partial charge in [0.05, 0.1) is 6.42 Å². The molecule has 2 rings (SSSR count). The number of aromatic nitrogens is 1. The molecule has 4 N–H and O–H groups in total. The average Bonchev–Trinajstić information content (AvgIpc) is 3.11. The van der Waals surface area contributed by atoms with Gasteiger partial charge in [-0.1, -0.05) is 0 Å². The maximum absolute atomic E-state index is 11.0. The summed E-state index contributed by atoms with van der Waals surface area (Å²) < 4.78 is 0. The van der Waals surface area contributed by atoms with E-state index in [-0.39, 0.29) is 12.5 Å². The minimum Gasteiger partial charge on any atom is -0.481 e. The van der Waals surface area contributed by atoms with Crippen LogP contribution >= 0.6 is 0 Å². The van der Waals surface area contributed by atoms with Crippen molar-refractivity contribution >= 4 is 17.7 Å². The number of nitrogens with zero attached hydrogens (tertiary/aromatic N) is 1. The second-order valence-electron chi connectivity index (χ2n) is 4.48. The van der Waals surface area contributed by atoms with Crippen LogP contribution in [0.15, 0.2) is 18.3 Å². The van der Waals surface area contributed by atoms with Gasteiger partial charge in [-0.05, 0) is 30.9 Å². The molecule has 0 saturated heterocycles. The molecule has 0 aliphatic heterocycles. The number of hydrogen-bond acceptors (Lipinski definition) is 4. The second kappa shape index (κ2) is 5.03. The molecule has 1 aromatic heterocycles. The fourth-order valence-corrected chi connectivity index (χ4v) is 1.87. The lowest BCUT2D eigenvalue weighted by molar-refractivity contribution is -0.137. The van der Waals surface area contributed by atoms with Crippen molar-refractivity contribution in [3.63, 3.8) is 0 Å². The van der Waals surface area contributed by atoms with Crippen LogP contribution in [0, 0.1) is 5.92 Å². The van der Waals surface area contributed by atoms with Crippen LogP contribution in [-0.4, -0.2) is 28.0 Å². The molecule has 1 fully saturated rings. The monoisotopic (exact) mass is 249 g/mol. The van der Waals surface area contributed by atoms with Crippen molar-refractivity contribution in [2.24, 2.45) is 11.7 Å². The van der Waals surface area contributed by atoms with Gasteiger partial charge in [-0.3, -0.25) is 9.59 Å². The van der Waals surface area contributed by atoms with E-state index in [4.69, 9.17) is 10.8 Å². The van der Waals surface area contributed by atoms with Crippen molar-refractivity contribution < 1.29 is 14.7 Å². The van der Waals surface area contributed by atoms with Crippen LogP contribution in [-0.2, 0) is 4.79 Å². The molecule has 1 aliphatic rings. The quantitative estimate of drug-likeness (QED) is 0.693. The first-order valence-electron chi connectivity index (χ1n) is 5.80. The maximum Gasteiger partial charge on any atom is 0.305 e. The molecular formula is C12H15N3O3. The summed E-state index contributed by atoms with van der Waals surface area (Å²) in [4.78, 5) is 25.9. The van der Waals surface area contributed by atoms with Crippen molar-refractivity contribution in [3.05, 3.63) is 23.9 Å². The van der Waals surface area contributed by atoms with E-state index in [0.29, 0.717) is 17.3 Å². The summed E-state index contributed by atoms with van der Waals surface area (Å²) in [5, 5.41) is 11.9. The van der Waals surface area contributed by atoms with E-state index < -0.39 is 11.9 Å². The van der Waals surface area contributed by atoms with Gasteiger partial charge in [0, 0.05) is 17.8 Å². The number of primary amides is 1. The Hall–Kier alpha value is -2.11. The number of carboxylic acid groups (broad SMARTS) is 1. The summed E-state index contributed by atoms with van der Waals surface area (Å²) in [6.07, 6.45) is 3.58. The number of pyridine rings is 1. The summed E-state index contributed by atoms with van der Waals surface area (Å²) in [5.41, 5.74) is 5.54. The Labute approximate surface area is 104 Å². The van der Waals surface area contributed by atoms with E-state index in [2.05, 4.69) is 10.3 Å². The summed E-state index contributed by atoms with van der Waals surface area (Å²) in [6, 6.07) is 2.93. The third-order valence-corrected chi connectivity index (χ3v) is 2.96. The van der Waals surface area contributed by atoms with Gasteiger partial charge in [-0.2, -0.15) is 0 Å². The number of nitrogens with two attached hydrogens (primary N) is 1. The second-order valence-corrected chi connectivity index (χ2v) is 4.48. The van der Waals surface area contributed by atoms with E-state index in [9.17, 15) is 9.59 Å². The highest BCUT2D eigenvalue weighted by molar-refractivity contribution is 5.93. The molecule has 0 aromatic carbocycles. The average molecular weight is 249 g/mol. The van der Waals surface area contributed by atoms with Gasteiger partial charge < -0.3 is 16.2 Å². The minimum atomic E-state index is -0.842. The molecule has 18 heavy (non-hydrogen) atoms. The van der Waals surface area contributed by atoms with Crippen LogP contribution in [0.1, 0.15) is 29.6 Å². The van der Waals surface area contributed by atoms with Crippen LogP contribution < -0.4 is 11.1 Å². The van der Waals surface area contributed by atoms with Gasteiger partial charge in [0.1, 0.15) is 5.82 Å². The van der Waals surface area contributed by atoms with E-state index in [1.54, 1.807) is 6.07 Å². The molecule has 0 spiro atoms. The van der Waals surface area contributed by atoms with Crippen LogP contribution in [0.5, 0.6) is 0 Å². The number of anilines is 1. The maximum atomic E-state index is 11.0. The number of carbonyl (C=O) groups is 2. The molecular weight excluding hydrogens is 234 g/mol. The van der Waals surface area contributed by atoms with Crippen molar-refractivity contribution in [1.29, 1.82) is 0 Å². The van der Waals surface area contributed by atoms with Gasteiger partial charge in [0.25, 0.3) is 0 Å². The van der Waals surface area contributed by atoms with Gasteiger partial charge in [0.2, 0.25) is 5.91 Å². The first-order valence-corrected chi connectivity index (χ1v) is 5.80. The standard InChI is InChI=1S/C12H15N3O3/c13-12(18)8-3-4-14-10(5-8)15-9(6-11(16)17)7-1-2-7/h3-5,7,9H,1-2,6H2,(H2,13,18)(H,14,15)(H,16,17). The van der Waals surface area contributed by atoms with Crippen molar-refractivity contribution in [1.82, 2.24) is 4.98 Å². The van der Waals surface area contributed by atoms with Crippen molar-refractivity contribution in [2.45, 2.75) is 25.3 Å². The Morgan fingerprint density at radius 2 is 2.28 bits per heavy atom. The predicted octanol–water partition coefficient (Wildman–Crippen LogP) is 0.846. The number of amides is 1. The zero-order valence-electron chi connectivity index (χ0n) is 9.80.